The minimum absolute atomic E-state index is 0.175. The number of ether oxygens (including phenoxy) is 1. The number of hydrogen-bond acceptors (Lipinski definition) is 4. The van der Waals surface area contributed by atoms with Gasteiger partial charge < -0.3 is 4.74 Å². The average Bonchev–Trinajstić information content (AvgIpc) is 2.35. The summed E-state index contributed by atoms with van der Waals surface area (Å²) in [5.41, 5.74) is 5.69. The lowest BCUT2D eigenvalue weighted by Gasteiger charge is -2.12. The molecular formula is C16H31NO3. The summed E-state index contributed by atoms with van der Waals surface area (Å²) in [6.45, 7) is 3.60. The molecule has 20 heavy (non-hydrogen) atoms. The van der Waals surface area contributed by atoms with Crippen LogP contribution in [0.2, 0.25) is 0 Å². The maximum atomic E-state index is 11.2. The van der Waals surface area contributed by atoms with Crippen LogP contribution in [0.15, 0.2) is 0 Å². The molecule has 0 fully saturated rings. The molecule has 0 amide bonds. The van der Waals surface area contributed by atoms with Gasteiger partial charge in [0.2, 0.25) is 0 Å². The van der Waals surface area contributed by atoms with Crippen LogP contribution in [0, 0.1) is 0 Å². The lowest BCUT2D eigenvalue weighted by molar-refractivity contribution is -0.150. The summed E-state index contributed by atoms with van der Waals surface area (Å²) in [6, 6.07) is 0. The largest absolute Gasteiger partial charge is 0.446 e. The molecule has 0 saturated heterocycles. The van der Waals surface area contributed by atoms with E-state index in [1.165, 1.54) is 51.9 Å². The van der Waals surface area contributed by atoms with E-state index < -0.39 is 12.2 Å². The van der Waals surface area contributed by atoms with E-state index in [0.717, 1.165) is 12.8 Å². The highest BCUT2D eigenvalue weighted by Gasteiger charge is 2.11. The van der Waals surface area contributed by atoms with Gasteiger partial charge in [0.05, 0.1) is 0 Å². The molecule has 118 valence electrons. The third-order valence-electron chi connectivity index (χ3n) is 3.27. The Labute approximate surface area is 123 Å². The lowest BCUT2D eigenvalue weighted by Crippen LogP contribution is -2.27. The Morgan fingerprint density at radius 3 is 1.95 bits per heavy atom. The smallest absolute Gasteiger partial charge is 0.314 e. The summed E-state index contributed by atoms with van der Waals surface area (Å²) in [7, 11) is 0. The fourth-order valence-corrected chi connectivity index (χ4v) is 2.13. The number of carbonyl (C=O) groups excluding carboxylic acids is 2. The number of unbranched alkanes of at least 4 members (excludes halogenated alkanes) is 8. The average molecular weight is 285 g/mol. The molecule has 0 bridgehead atoms. The van der Waals surface area contributed by atoms with Crippen molar-refractivity contribution in [2.75, 3.05) is 0 Å². The van der Waals surface area contributed by atoms with Gasteiger partial charge in [-0.2, -0.15) is 0 Å². The highest BCUT2D eigenvalue weighted by Crippen LogP contribution is 2.11. The molecule has 0 aliphatic rings. The van der Waals surface area contributed by atoms with Gasteiger partial charge in [0, 0.05) is 0 Å². The van der Waals surface area contributed by atoms with Gasteiger partial charge in [-0.3, -0.25) is 15.3 Å². The van der Waals surface area contributed by atoms with Crippen LogP contribution in [0.1, 0.15) is 84.5 Å². The summed E-state index contributed by atoms with van der Waals surface area (Å²) in [4.78, 5) is 21.9. The second-order valence-electron chi connectivity index (χ2n) is 5.52. The van der Waals surface area contributed by atoms with Crippen molar-refractivity contribution in [3.63, 3.8) is 0 Å². The molecule has 1 unspecified atom stereocenters. The van der Waals surface area contributed by atoms with Crippen molar-refractivity contribution in [1.29, 1.82) is 0 Å². The zero-order valence-electron chi connectivity index (χ0n) is 13.2. The monoisotopic (exact) mass is 285 g/mol. The van der Waals surface area contributed by atoms with Crippen LogP contribution in [0.4, 0.5) is 0 Å². The molecule has 0 radical (unpaired) electrons. The Morgan fingerprint density at radius 1 is 0.950 bits per heavy atom. The summed E-state index contributed by atoms with van der Waals surface area (Å²) in [5, 5.41) is 0. The van der Waals surface area contributed by atoms with Crippen LogP contribution >= 0.6 is 0 Å². The Hall–Kier alpha value is -0.900. The Balaban J connectivity index is 3.33. The van der Waals surface area contributed by atoms with Crippen LogP contribution in [0.25, 0.3) is 0 Å². The molecule has 0 heterocycles. The van der Waals surface area contributed by atoms with Gasteiger partial charge in [-0.1, -0.05) is 58.3 Å². The predicted molar refractivity (Wildman–Crippen MR) is 81.2 cm³/mol. The first-order valence-electron chi connectivity index (χ1n) is 8.00. The number of hydrogen-bond donors (Lipinski definition) is 1. The van der Waals surface area contributed by atoms with Gasteiger partial charge in [-0.05, 0) is 19.8 Å². The first kappa shape index (κ1) is 19.1. The van der Waals surface area contributed by atoms with Gasteiger partial charge in [0.25, 0.3) is 0 Å². The molecule has 0 aliphatic carbocycles. The van der Waals surface area contributed by atoms with Crippen molar-refractivity contribution in [2.24, 2.45) is 5.73 Å². The SMILES string of the molecule is CCCCCCCCCCCC(N)OC(=O)CC(C)=O. The molecule has 0 spiro atoms. The third kappa shape index (κ3) is 13.5. The normalized spacial score (nSPS) is 12.2. The maximum absolute atomic E-state index is 11.2. The summed E-state index contributed by atoms with van der Waals surface area (Å²) >= 11 is 0. The topological polar surface area (TPSA) is 69.4 Å². The van der Waals surface area contributed by atoms with E-state index >= 15 is 0 Å². The number of nitrogens with two attached hydrogens (primary N) is 1. The van der Waals surface area contributed by atoms with Crippen LogP contribution in [0.5, 0.6) is 0 Å². The highest BCUT2D eigenvalue weighted by atomic mass is 16.6. The fraction of sp³-hybridized carbons (Fsp3) is 0.875. The summed E-state index contributed by atoms with van der Waals surface area (Å²) in [6.07, 6.45) is 11.2. The van der Waals surface area contributed by atoms with E-state index in [-0.39, 0.29) is 12.2 Å². The van der Waals surface area contributed by atoms with Crippen LogP contribution in [-0.2, 0) is 14.3 Å². The van der Waals surface area contributed by atoms with Crippen LogP contribution in [-0.4, -0.2) is 18.0 Å². The Kier molecular flexibility index (Phi) is 12.5. The molecular weight excluding hydrogens is 254 g/mol. The standard InChI is InChI=1S/C16H31NO3/c1-3-4-5-6-7-8-9-10-11-12-15(17)20-16(19)13-14(2)18/h15H,3-13,17H2,1-2H3. The number of esters is 1. The van der Waals surface area contributed by atoms with Crippen molar-refractivity contribution >= 4 is 11.8 Å². The van der Waals surface area contributed by atoms with E-state index in [1.807, 2.05) is 0 Å². The minimum Gasteiger partial charge on any atom is -0.446 e. The van der Waals surface area contributed by atoms with Crippen LogP contribution < -0.4 is 5.73 Å². The molecule has 0 aliphatic heterocycles. The van der Waals surface area contributed by atoms with Gasteiger partial charge >= 0.3 is 5.97 Å². The minimum atomic E-state index is -0.564. The van der Waals surface area contributed by atoms with Gasteiger partial charge in [-0.15, -0.1) is 0 Å². The number of carbonyl (C=O) groups is 2. The van der Waals surface area contributed by atoms with Crippen molar-refractivity contribution in [3.8, 4) is 0 Å². The molecule has 0 saturated carbocycles. The third-order valence-corrected chi connectivity index (χ3v) is 3.27. The van der Waals surface area contributed by atoms with Crippen LogP contribution in [0.3, 0.4) is 0 Å². The van der Waals surface area contributed by atoms with Crippen molar-refractivity contribution in [3.05, 3.63) is 0 Å². The van der Waals surface area contributed by atoms with Crippen molar-refractivity contribution in [2.45, 2.75) is 90.7 Å². The van der Waals surface area contributed by atoms with E-state index in [0.29, 0.717) is 6.42 Å². The van der Waals surface area contributed by atoms with Crippen molar-refractivity contribution < 1.29 is 14.3 Å². The zero-order valence-corrected chi connectivity index (χ0v) is 13.2. The zero-order chi connectivity index (χ0) is 15.2. The highest BCUT2D eigenvalue weighted by molar-refractivity contribution is 5.94. The molecule has 4 heteroatoms. The van der Waals surface area contributed by atoms with E-state index in [9.17, 15) is 9.59 Å². The molecule has 0 rings (SSSR count). The first-order chi connectivity index (χ1) is 9.56. The first-order valence-corrected chi connectivity index (χ1v) is 8.00. The number of rotatable bonds is 13. The summed E-state index contributed by atoms with van der Waals surface area (Å²) < 4.78 is 4.95. The molecule has 4 nitrogen and oxygen atoms in total. The molecule has 1 atom stereocenters. The molecule has 0 aromatic carbocycles. The molecule has 0 aromatic rings. The number of ketones is 1. The van der Waals surface area contributed by atoms with E-state index in [4.69, 9.17) is 10.5 Å². The second kappa shape index (κ2) is 13.1. The van der Waals surface area contributed by atoms with E-state index in [1.54, 1.807) is 0 Å². The van der Waals surface area contributed by atoms with Crippen molar-refractivity contribution in [1.82, 2.24) is 0 Å². The molecule has 0 aromatic heterocycles. The Morgan fingerprint density at radius 2 is 1.45 bits per heavy atom. The quantitative estimate of drug-likeness (QED) is 0.242. The van der Waals surface area contributed by atoms with Gasteiger partial charge in [-0.25, -0.2) is 0 Å². The van der Waals surface area contributed by atoms with Gasteiger partial charge in [0.1, 0.15) is 12.2 Å². The molecule has 2 N–H and O–H groups in total. The summed E-state index contributed by atoms with van der Waals surface area (Å²) in [5.74, 6) is -0.703. The lowest BCUT2D eigenvalue weighted by atomic mass is 10.1. The number of Topliss-reactive ketones (excluding diaryl/α,β-unsaturated/α-hetero) is 1. The maximum Gasteiger partial charge on any atom is 0.314 e. The van der Waals surface area contributed by atoms with Gasteiger partial charge in [0.15, 0.2) is 6.23 Å². The fourth-order valence-electron chi connectivity index (χ4n) is 2.13. The predicted octanol–water partition coefficient (Wildman–Crippen LogP) is 3.71. The van der Waals surface area contributed by atoms with E-state index in [2.05, 4.69) is 6.92 Å². The second-order valence-corrected chi connectivity index (χ2v) is 5.52. The Bertz CT molecular complexity index is 266.